The monoisotopic (exact) mass is 408 g/mol. The van der Waals surface area contributed by atoms with Gasteiger partial charge in [0.2, 0.25) is 5.96 Å². The molecule has 0 spiro atoms. The van der Waals surface area contributed by atoms with Gasteiger partial charge in [-0.3, -0.25) is 4.79 Å². The number of para-hydroxylation sites is 1. The molecule has 0 radical (unpaired) electrons. The lowest BCUT2D eigenvalue weighted by Gasteiger charge is -2.30. The minimum Gasteiger partial charge on any atom is -0.329 e. The van der Waals surface area contributed by atoms with Crippen LogP contribution >= 0.6 is 22.9 Å². The molecule has 1 aromatic heterocycles. The van der Waals surface area contributed by atoms with Gasteiger partial charge in [0.1, 0.15) is 6.04 Å². The van der Waals surface area contributed by atoms with Gasteiger partial charge in [-0.1, -0.05) is 53.3 Å². The van der Waals surface area contributed by atoms with E-state index in [0.717, 1.165) is 45.0 Å². The van der Waals surface area contributed by atoms with Crippen LogP contribution in [0.1, 0.15) is 30.9 Å². The van der Waals surface area contributed by atoms with Gasteiger partial charge in [0.25, 0.3) is 0 Å². The van der Waals surface area contributed by atoms with Crippen molar-refractivity contribution >= 4 is 50.0 Å². The van der Waals surface area contributed by atoms with Crippen LogP contribution in [0, 0.1) is 0 Å². The number of hydrogen-bond donors (Lipinski definition) is 2. The van der Waals surface area contributed by atoms with Crippen molar-refractivity contribution in [2.75, 3.05) is 5.32 Å². The number of allylic oxidation sites excluding steroid dienone is 1. The molecular weight excluding hydrogens is 392 g/mol. The van der Waals surface area contributed by atoms with Crippen molar-refractivity contribution in [2.24, 2.45) is 4.99 Å². The van der Waals surface area contributed by atoms with E-state index >= 15 is 0 Å². The van der Waals surface area contributed by atoms with Gasteiger partial charge in [0.05, 0.1) is 10.2 Å². The molecule has 1 aliphatic carbocycles. The van der Waals surface area contributed by atoms with E-state index in [4.69, 9.17) is 16.6 Å². The van der Waals surface area contributed by atoms with E-state index in [9.17, 15) is 4.79 Å². The average Bonchev–Trinajstić information content (AvgIpc) is 3.10. The molecule has 0 fully saturated rings. The Morgan fingerprint density at radius 3 is 2.79 bits per heavy atom. The number of ketones is 1. The highest BCUT2D eigenvalue weighted by Crippen LogP contribution is 2.39. The van der Waals surface area contributed by atoms with Gasteiger partial charge in [0, 0.05) is 22.7 Å². The Hall–Kier alpha value is -2.70. The van der Waals surface area contributed by atoms with Crippen LogP contribution in [0.15, 0.2) is 64.8 Å². The van der Waals surface area contributed by atoms with Crippen molar-refractivity contribution in [1.29, 1.82) is 0 Å². The van der Waals surface area contributed by atoms with Crippen LogP contribution in [0.25, 0.3) is 10.2 Å². The number of nitrogens with one attached hydrogen (secondary N) is 2. The zero-order valence-electron chi connectivity index (χ0n) is 14.9. The lowest BCUT2D eigenvalue weighted by molar-refractivity contribution is -0.116. The lowest BCUT2D eigenvalue weighted by Crippen LogP contribution is -2.38. The Bertz CT molecular complexity index is 1120. The van der Waals surface area contributed by atoms with E-state index in [1.165, 1.54) is 0 Å². The van der Waals surface area contributed by atoms with Crippen molar-refractivity contribution in [1.82, 2.24) is 10.3 Å². The smallest absolute Gasteiger partial charge is 0.202 e. The highest BCUT2D eigenvalue weighted by atomic mass is 35.5. The summed E-state index contributed by atoms with van der Waals surface area (Å²) in [5.41, 5.74) is 3.45. The maximum atomic E-state index is 12.7. The number of rotatable bonds is 2. The van der Waals surface area contributed by atoms with Crippen LogP contribution in [-0.2, 0) is 4.79 Å². The molecule has 28 heavy (non-hydrogen) atoms. The summed E-state index contributed by atoms with van der Waals surface area (Å²) in [6, 6.07) is 15.2. The molecule has 3 aromatic rings. The molecule has 2 aliphatic rings. The lowest BCUT2D eigenvalue weighted by atomic mass is 9.86. The molecule has 5 rings (SSSR count). The standard InChI is InChI=1S/C21H17ClN4OS/c22-13-7-2-1-6-12(13)19-18-15(9-5-10-16(18)27)23-20(25-19)26-21-24-14-8-3-4-11-17(14)28-21/h1-4,6-8,11,19H,5,9-10H2,(H2,23,24,25,26)/t19-/m0/s1. The minimum atomic E-state index is -0.408. The number of carbonyl (C=O) groups is 1. The van der Waals surface area contributed by atoms with E-state index < -0.39 is 6.04 Å². The molecule has 0 amide bonds. The van der Waals surface area contributed by atoms with Crippen LogP contribution < -0.4 is 10.6 Å². The first-order chi connectivity index (χ1) is 13.7. The summed E-state index contributed by atoms with van der Waals surface area (Å²) in [4.78, 5) is 22.1. The van der Waals surface area contributed by atoms with Gasteiger partial charge >= 0.3 is 0 Å². The zero-order valence-corrected chi connectivity index (χ0v) is 16.5. The number of fused-ring (bicyclic) bond motifs is 1. The summed E-state index contributed by atoms with van der Waals surface area (Å²) in [5.74, 6) is 0.735. The largest absolute Gasteiger partial charge is 0.329 e. The second-order valence-electron chi connectivity index (χ2n) is 6.81. The summed E-state index contributed by atoms with van der Waals surface area (Å²) in [6.07, 6.45) is 2.22. The number of nitrogens with zero attached hydrogens (tertiary/aromatic N) is 2. The first kappa shape index (κ1) is 17.4. The zero-order chi connectivity index (χ0) is 19.1. The highest BCUT2D eigenvalue weighted by molar-refractivity contribution is 7.22. The number of benzene rings is 2. The van der Waals surface area contributed by atoms with Gasteiger partial charge in [-0.2, -0.15) is 0 Å². The maximum Gasteiger partial charge on any atom is 0.202 e. The van der Waals surface area contributed by atoms with Gasteiger partial charge in [-0.15, -0.1) is 0 Å². The molecule has 1 aliphatic heterocycles. The fourth-order valence-corrected chi connectivity index (χ4v) is 4.80. The van der Waals surface area contributed by atoms with E-state index in [0.29, 0.717) is 17.4 Å². The molecule has 2 heterocycles. The summed E-state index contributed by atoms with van der Waals surface area (Å²) >= 11 is 8.01. The molecule has 0 saturated heterocycles. The molecule has 2 N–H and O–H groups in total. The second kappa shape index (κ2) is 7.04. The van der Waals surface area contributed by atoms with Crippen LogP contribution in [0.4, 0.5) is 5.13 Å². The van der Waals surface area contributed by atoms with Crippen LogP contribution in [0.2, 0.25) is 5.02 Å². The molecule has 2 aromatic carbocycles. The van der Waals surface area contributed by atoms with Crippen molar-refractivity contribution in [3.8, 4) is 0 Å². The summed E-state index contributed by atoms with van der Waals surface area (Å²) in [7, 11) is 0. The number of thiazole rings is 1. The predicted molar refractivity (Wildman–Crippen MR) is 114 cm³/mol. The SMILES string of the molecule is O=C1CCCC2=C1[C@H](c1ccccc1Cl)N=C(Nc1nc3ccccc3s1)N2. The highest BCUT2D eigenvalue weighted by Gasteiger charge is 2.33. The first-order valence-electron chi connectivity index (χ1n) is 9.17. The third kappa shape index (κ3) is 3.08. The van der Waals surface area contributed by atoms with Crippen LogP contribution in [-0.4, -0.2) is 16.7 Å². The Labute approximate surface area is 171 Å². The van der Waals surface area contributed by atoms with Crippen LogP contribution in [0.5, 0.6) is 0 Å². The number of carbonyl (C=O) groups excluding carboxylic acids is 1. The number of halogens is 1. The van der Waals surface area contributed by atoms with E-state index in [2.05, 4.69) is 15.6 Å². The molecular formula is C21H17ClN4OS. The second-order valence-corrected chi connectivity index (χ2v) is 8.25. The Balaban J connectivity index is 1.54. The van der Waals surface area contributed by atoms with E-state index in [1.807, 2.05) is 48.5 Å². The number of hydrogen-bond acceptors (Lipinski definition) is 6. The first-order valence-corrected chi connectivity index (χ1v) is 10.4. The van der Waals surface area contributed by atoms with Crippen LogP contribution in [0.3, 0.4) is 0 Å². The van der Waals surface area contributed by atoms with Crippen molar-refractivity contribution in [3.63, 3.8) is 0 Å². The number of guanidine groups is 1. The summed E-state index contributed by atoms with van der Waals surface area (Å²) in [5, 5.41) is 7.99. The predicted octanol–water partition coefficient (Wildman–Crippen LogP) is 5.07. The van der Waals surface area contributed by atoms with Gasteiger partial charge in [0.15, 0.2) is 10.9 Å². The molecule has 140 valence electrons. The molecule has 7 heteroatoms. The molecule has 1 atom stereocenters. The Kier molecular flexibility index (Phi) is 4.37. The van der Waals surface area contributed by atoms with Gasteiger partial charge in [-0.25, -0.2) is 9.98 Å². The number of aromatic nitrogens is 1. The number of anilines is 1. The van der Waals surface area contributed by atoms with Gasteiger partial charge in [-0.05, 0) is 36.6 Å². The number of aliphatic imine (C=N–C) groups is 1. The van der Waals surface area contributed by atoms with E-state index in [-0.39, 0.29) is 5.78 Å². The molecule has 0 saturated carbocycles. The molecule has 0 bridgehead atoms. The fourth-order valence-electron chi connectivity index (χ4n) is 3.69. The van der Waals surface area contributed by atoms with Gasteiger partial charge < -0.3 is 10.6 Å². The Morgan fingerprint density at radius 1 is 1.11 bits per heavy atom. The minimum absolute atomic E-state index is 0.140. The third-order valence-electron chi connectivity index (χ3n) is 4.98. The topological polar surface area (TPSA) is 66.4 Å². The molecule has 5 nitrogen and oxygen atoms in total. The third-order valence-corrected chi connectivity index (χ3v) is 6.27. The van der Waals surface area contributed by atoms with Crippen molar-refractivity contribution < 1.29 is 4.79 Å². The normalized spacial score (nSPS) is 19.2. The number of Topliss-reactive ketones (excluding diaryl/α,β-unsaturated/α-hetero) is 1. The molecule has 0 unspecified atom stereocenters. The quantitative estimate of drug-likeness (QED) is 0.621. The van der Waals surface area contributed by atoms with E-state index in [1.54, 1.807) is 11.3 Å². The van der Waals surface area contributed by atoms with Crippen molar-refractivity contribution in [3.05, 3.63) is 70.4 Å². The maximum absolute atomic E-state index is 12.7. The average molecular weight is 409 g/mol. The van der Waals surface area contributed by atoms with Crippen molar-refractivity contribution in [2.45, 2.75) is 25.3 Å². The Morgan fingerprint density at radius 2 is 1.93 bits per heavy atom. The summed E-state index contributed by atoms with van der Waals surface area (Å²) < 4.78 is 1.11. The fraction of sp³-hybridized carbons (Fsp3) is 0.190. The summed E-state index contributed by atoms with van der Waals surface area (Å²) in [6.45, 7) is 0.